The van der Waals surface area contributed by atoms with E-state index in [1.54, 1.807) is 6.08 Å². The van der Waals surface area contributed by atoms with Crippen molar-refractivity contribution in [2.24, 2.45) is 4.99 Å². The number of nitrogens with zero attached hydrogens (tertiary/aromatic N) is 2. The van der Waals surface area contributed by atoms with E-state index in [0.29, 0.717) is 6.54 Å². The highest BCUT2D eigenvalue weighted by Gasteiger charge is 2.10. The first kappa shape index (κ1) is 16.5. The number of hydrogen-bond donors (Lipinski definition) is 2. The molecule has 23 heavy (non-hydrogen) atoms. The molecule has 1 heterocycles. The number of unbranched alkanes of at least 4 members (excludes halogenated alkanes) is 1. The molecule has 2 rings (SSSR count). The van der Waals surface area contributed by atoms with Gasteiger partial charge < -0.3 is 5.11 Å². The van der Waals surface area contributed by atoms with Crippen LogP contribution in [0.5, 0.6) is 5.88 Å². The van der Waals surface area contributed by atoms with Crippen molar-refractivity contribution in [2.45, 2.75) is 26.3 Å². The van der Waals surface area contributed by atoms with Crippen LogP contribution in [0, 0.1) is 0 Å². The number of H-pyrrole nitrogens is 1. The molecule has 0 fully saturated rings. The van der Waals surface area contributed by atoms with Crippen molar-refractivity contribution in [3.05, 3.63) is 62.8 Å². The lowest BCUT2D eigenvalue weighted by Gasteiger charge is -2.08. The van der Waals surface area contributed by atoms with E-state index < -0.39 is 11.2 Å². The Balaban J connectivity index is 2.25. The summed E-state index contributed by atoms with van der Waals surface area (Å²) in [5.41, 5.74) is -0.399. The van der Waals surface area contributed by atoms with Crippen LogP contribution in [0.1, 0.15) is 25.3 Å². The van der Waals surface area contributed by atoms with Crippen LogP contribution in [-0.4, -0.2) is 20.9 Å². The first-order valence-electron chi connectivity index (χ1n) is 7.45. The highest BCUT2D eigenvalue weighted by Crippen LogP contribution is 2.13. The van der Waals surface area contributed by atoms with Gasteiger partial charge in [0.1, 0.15) is 5.56 Å². The average molecular weight is 313 g/mol. The zero-order chi connectivity index (χ0) is 16.7. The number of hydrogen-bond acceptors (Lipinski definition) is 4. The summed E-state index contributed by atoms with van der Waals surface area (Å²) in [5.74, 6) is -0.323. The zero-order valence-electron chi connectivity index (χ0n) is 12.9. The Bertz CT molecular complexity index is 817. The fraction of sp³-hybridized carbons (Fsp3) is 0.235. The summed E-state index contributed by atoms with van der Waals surface area (Å²) in [6.45, 7) is 2.34. The molecular weight excluding hydrogens is 294 g/mol. The molecule has 1 aromatic carbocycles. The van der Waals surface area contributed by atoms with Gasteiger partial charge in [-0.25, -0.2) is 4.79 Å². The largest absolute Gasteiger partial charge is 0.494 e. The quantitative estimate of drug-likeness (QED) is 0.803. The van der Waals surface area contributed by atoms with Crippen LogP contribution < -0.4 is 11.2 Å². The van der Waals surface area contributed by atoms with Crippen LogP contribution >= 0.6 is 0 Å². The maximum absolute atomic E-state index is 11.8. The minimum absolute atomic E-state index is 0.0419. The molecule has 0 spiro atoms. The number of para-hydroxylation sites is 1. The Kier molecular flexibility index (Phi) is 5.68. The number of aliphatic imine (C=N–C) groups is 1. The van der Waals surface area contributed by atoms with E-state index in [9.17, 15) is 14.7 Å². The minimum Gasteiger partial charge on any atom is -0.494 e. The van der Waals surface area contributed by atoms with Crippen LogP contribution in [0.15, 0.2) is 51.0 Å². The number of benzene rings is 1. The molecule has 0 unspecified atom stereocenters. The van der Waals surface area contributed by atoms with Gasteiger partial charge in [-0.3, -0.25) is 19.3 Å². The summed E-state index contributed by atoms with van der Waals surface area (Å²) in [5, 5.41) is 10.1. The number of nitrogens with one attached hydrogen (secondary N) is 1. The lowest BCUT2D eigenvalue weighted by molar-refractivity contribution is 0.394. The van der Waals surface area contributed by atoms with Gasteiger partial charge in [0.2, 0.25) is 5.88 Å². The number of aromatic hydroxyl groups is 1. The zero-order valence-corrected chi connectivity index (χ0v) is 12.9. The summed E-state index contributed by atoms with van der Waals surface area (Å²) >= 11 is 0. The van der Waals surface area contributed by atoms with Crippen molar-refractivity contribution in [1.82, 2.24) is 9.55 Å². The molecule has 0 amide bonds. The Hall–Kier alpha value is -2.89. The standard InChI is InChI=1S/C17H19N3O3/c1-2-3-12-20-16(22)14(15(21)19-17(20)23)10-7-11-18-13-8-5-4-6-9-13/h4-11,22H,2-3,12H2,1H3,(H,19,21,23)/b10-7-,18-11?. The molecule has 0 atom stereocenters. The molecule has 6 nitrogen and oxygen atoms in total. The second kappa shape index (κ2) is 7.93. The molecule has 0 saturated carbocycles. The van der Waals surface area contributed by atoms with Gasteiger partial charge in [0.25, 0.3) is 5.56 Å². The van der Waals surface area contributed by atoms with Gasteiger partial charge in [0, 0.05) is 12.8 Å². The Morgan fingerprint density at radius 2 is 2.00 bits per heavy atom. The van der Waals surface area contributed by atoms with E-state index in [1.807, 2.05) is 37.3 Å². The normalized spacial score (nSPS) is 11.5. The molecule has 0 aliphatic heterocycles. The smallest absolute Gasteiger partial charge is 0.331 e. The van der Waals surface area contributed by atoms with Crippen LogP contribution in [0.4, 0.5) is 5.69 Å². The van der Waals surface area contributed by atoms with E-state index in [2.05, 4.69) is 9.98 Å². The SMILES string of the molecule is CCCCn1c(O)c(/C=C\C=Nc2ccccc2)c(=O)[nH]c1=O. The summed E-state index contributed by atoms with van der Waals surface area (Å²) in [4.78, 5) is 30.0. The van der Waals surface area contributed by atoms with Crippen LogP contribution in [0.2, 0.25) is 0 Å². The third kappa shape index (κ3) is 4.29. The molecule has 0 bridgehead atoms. The molecule has 0 radical (unpaired) electrons. The Labute approximate surface area is 133 Å². The van der Waals surface area contributed by atoms with Crippen molar-refractivity contribution in [2.75, 3.05) is 0 Å². The van der Waals surface area contributed by atoms with E-state index in [4.69, 9.17) is 0 Å². The summed E-state index contributed by atoms with van der Waals surface area (Å²) in [6.07, 6.45) is 6.11. The second-order valence-electron chi connectivity index (χ2n) is 4.97. The highest BCUT2D eigenvalue weighted by atomic mass is 16.3. The molecule has 1 aromatic heterocycles. The monoisotopic (exact) mass is 313 g/mol. The predicted molar refractivity (Wildman–Crippen MR) is 91.5 cm³/mol. The van der Waals surface area contributed by atoms with Gasteiger partial charge in [-0.2, -0.15) is 0 Å². The molecule has 120 valence electrons. The molecule has 2 N–H and O–H groups in total. The molecule has 0 aliphatic carbocycles. The average Bonchev–Trinajstić information content (AvgIpc) is 2.54. The van der Waals surface area contributed by atoms with Crippen molar-refractivity contribution < 1.29 is 5.11 Å². The lowest BCUT2D eigenvalue weighted by atomic mass is 10.2. The summed E-state index contributed by atoms with van der Waals surface area (Å²) in [6, 6.07) is 9.33. The highest BCUT2D eigenvalue weighted by molar-refractivity contribution is 5.80. The third-order valence-electron chi connectivity index (χ3n) is 3.27. The number of aromatic nitrogens is 2. The molecule has 0 saturated heterocycles. The van der Waals surface area contributed by atoms with E-state index in [-0.39, 0.29) is 11.4 Å². The third-order valence-corrected chi connectivity index (χ3v) is 3.27. The minimum atomic E-state index is -0.621. The van der Waals surface area contributed by atoms with Gasteiger partial charge in [0.15, 0.2) is 0 Å². The maximum atomic E-state index is 11.8. The Morgan fingerprint density at radius 3 is 2.70 bits per heavy atom. The van der Waals surface area contributed by atoms with Gasteiger partial charge in [-0.05, 0) is 30.7 Å². The van der Waals surface area contributed by atoms with Crippen molar-refractivity contribution in [1.29, 1.82) is 0 Å². The molecule has 6 heteroatoms. The number of allylic oxidation sites excluding steroid dienone is 1. The maximum Gasteiger partial charge on any atom is 0.331 e. The molecule has 2 aromatic rings. The van der Waals surface area contributed by atoms with Gasteiger partial charge >= 0.3 is 5.69 Å². The van der Waals surface area contributed by atoms with Crippen LogP contribution in [-0.2, 0) is 6.54 Å². The Morgan fingerprint density at radius 1 is 1.26 bits per heavy atom. The van der Waals surface area contributed by atoms with Gasteiger partial charge in [-0.15, -0.1) is 0 Å². The first-order chi connectivity index (χ1) is 11.1. The van der Waals surface area contributed by atoms with E-state index >= 15 is 0 Å². The van der Waals surface area contributed by atoms with E-state index in [0.717, 1.165) is 18.5 Å². The topological polar surface area (TPSA) is 87.4 Å². The lowest BCUT2D eigenvalue weighted by Crippen LogP contribution is -2.31. The van der Waals surface area contributed by atoms with Crippen molar-refractivity contribution >= 4 is 18.0 Å². The van der Waals surface area contributed by atoms with Gasteiger partial charge in [-0.1, -0.05) is 31.5 Å². The molecule has 0 aliphatic rings. The van der Waals surface area contributed by atoms with Crippen LogP contribution in [0.3, 0.4) is 0 Å². The number of rotatable bonds is 6. The second-order valence-corrected chi connectivity index (χ2v) is 4.97. The fourth-order valence-corrected chi connectivity index (χ4v) is 2.03. The summed E-state index contributed by atoms with van der Waals surface area (Å²) < 4.78 is 1.17. The van der Waals surface area contributed by atoms with E-state index in [1.165, 1.54) is 16.9 Å². The van der Waals surface area contributed by atoms with Crippen molar-refractivity contribution in [3.63, 3.8) is 0 Å². The summed E-state index contributed by atoms with van der Waals surface area (Å²) in [7, 11) is 0. The van der Waals surface area contributed by atoms with Gasteiger partial charge in [0.05, 0.1) is 5.69 Å². The van der Waals surface area contributed by atoms with Crippen molar-refractivity contribution in [3.8, 4) is 5.88 Å². The first-order valence-corrected chi connectivity index (χ1v) is 7.45. The van der Waals surface area contributed by atoms with Crippen LogP contribution in [0.25, 0.3) is 6.08 Å². The number of aromatic amines is 1. The fourth-order valence-electron chi connectivity index (χ4n) is 2.03. The molecular formula is C17H19N3O3. The predicted octanol–water partition coefficient (Wildman–Crippen LogP) is 2.46.